The zero-order chi connectivity index (χ0) is 12.4. The number of thiophene rings is 1. The monoisotopic (exact) mass is 323 g/mol. The molecule has 5 heteroatoms. The summed E-state index contributed by atoms with van der Waals surface area (Å²) in [5.41, 5.74) is 3.17. The Labute approximate surface area is 116 Å². The van der Waals surface area contributed by atoms with E-state index in [1.165, 1.54) is 4.88 Å². The minimum absolute atomic E-state index is 0.0325. The average molecular weight is 322 g/mol. The van der Waals surface area contributed by atoms with Gasteiger partial charge in [0.05, 0.1) is 0 Å². The molecule has 1 N–H and O–H groups in total. The zero-order valence-corrected chi connectivity index (χ0v) is 12.5. The number of rotatable bonds is 4. The molecule has 0 saturated carbocycles. The Hall–Kier alpha value is -1.16. The molecule has 0 radical (unpaired) electrons. The van der Waals surface area contributed by atoms with Crippen molar-refractivity contribution < 1.29 is 0 Å². The van der Waals surface area contributed by atoms with Crippen LogP contribution in [-0.2, 0) is 0 Å². The Morgan fingerprint density at radius 1 is 1.28 bits per heavy atom. The third kappa shape index (κ3) is 2.21. The summed E-state index contributed by atoms with van der Waals surface area (Å²) in [5, 5.41) is 5.72. The number of hydrogen-bond acceptors (Lipinski definition) is 4. The van der Waals surface area contributed by atoms with Crippen LogP contribution >= 0.6 is 11.3 Å². The third-order valence-corrected chi connectivity index (χ3v) is 5.03. The van der Waals surface area contributed by atoms with Crippen molar-refractivity contribution in [3.8, 4) is 0 Å². The van der Waals surface area contributed by atoms with E-state index in [1.54, 1.807) is 11.3 Å². The van der Waals surface area contributed by atoms with E-state index in [0.717, 1.165) is 23.1 Å². The number of nitrogens with one attached hydrogen (secondary N) is 1. The molecule has 0 bridgehead atoms. The van der Waals surface area contributed by atoms with Gasteiger partial charge < -0.3 is 0 Å². The van der Waals surface area contributed by atoms with Gasteiger partial charge in [0, 0.05) is 0 Å². The molecule has 0 saturated heterocycles. The van der Waals surface area contributed by atoms with E-state index in [1.807, 2.05) is 12.1 Å². The van der Waals surface area contributed by atoms with Gasteiger partial charge in [-0.1, -0.05) is 0 Å². The molecule has 3 rings (SSSR count). The molecule has 0 fully saturated rings. The summed E-state index contributed by atoms with van der Waals surface area (Å²) >= 11 is 1.83. The van der Waals surface area contributed by atoms with E-state index in [0.29, 0.717) is 6.04 Å². The van der Waals surface area contributed by atoms with Crippen molar-refractivity contribution in [2.24, 2.45) is 0 Å². The molecular weight excluding hydrogens is 309 g/mol. The Kier molecular flexibility index (Phi) is 3.45. The minimum atomic E-state index is 0.0325. The maximum atomic E-state index is 4.50. The number of benzene rings is 1. The number of aromatic nitrogens is 2. The van der Waals surface area contributed by atoms with Gasteiger partial charge >= 0.3 is 116 Å². The molecule has 2 aromatic heterocycles. The van der Waals surface area contributed by atoms with Crippen molar-refractivity contribution in [1.29, 1.82) is 0 Å². The molecule has 0 aliphatic carbocycles. The topological polar surface area (TPSA) is 37.8 Å². The molecule has 1 atom stereocenters. The van der Waals surface area contributed by atoms with Crippen molar-refractivity contribution in [1.82, 2.24) is 7.96 Å². The molecule has 1 unspecified atom stereocenters. The molecule has 0 aliphatic rings. The van der Waals surface area contributed by atoms with Gasteiger partial charge in [-0.3, -0.25) is 0 Å². The Morgan fingerprint density at radius 2 is 2.22 bits per heavy atom. The summed E-state index contributed by atoms with van der Waals surface area (Å²) in [7, 11) is 0. The van der Waals surface area contributed by atoms with Crippen molar-refractivity contribution in [3.63, 3.8) is 0 Å². The molecule has 0 amide bonds. The summed E-state index contributed by atoms with van der Waals surface area (Å²) in [6, 6.07) is 10.8. The average Bonchev–Trinajstić information content (AvgIpc) is 3.06. The first kappa shape index (κ1) is 11.9. The first-order chi connectivity index (χ1) is 8.88. The van der Waals surface area contributed by atoms with Gasteiger partial charge in [0.1, 0.15) is 0 Å². The second-order valence-electron chi connectivity index (χ2n) is 4.06. The summed E-state index contributed by atoms with van der Waals surface area (Å²) in [6.07, 6.45) is 1.06. The third-order valence-electron chi connectivity index (χ3n) is 2.91. The fourth-order valence-electron chi connectivity index (χ4n) is 1.97. The van der Waals surface area contributed by atoms with Gasteiger partial charge in [0.25, 0.3) is 0 Å². The summed E-state index contributed by atoms with van der Waals surface area (Å²) < 4.78 is 8.92. The van der Waals surface area contributed by atoms with Gasteiger partial charge in [-0.25, -0.2) is 0 Å². The number of anilines is 1. The van der Waals surface area contributed by atoms with Crippen LogP contribution in [0.3, 0.4) is 0 Å². The molecule has 3 aromatic rings. The van der Waals surface area contributed by atoms with Crippen LogP contribution in [0.25, 0.3) is 11.0 Å². The van der Waals surface area contributed by atoms with Crippen LogP contribution in [0.4, 0.5) is 5.69 Å². The summed E-state index contributed by atoms with van der Waals surface area (Å²) in [4.78, 5) is 1.37. The molecule has 0 aliphatic heterocycles. The van der Waals surface area contributed by atoms with E-state index in [2.05, 4.69) is 43.8 Å². The van der Waals surface area contributed by atoms with E-state index in [4.69, 9.17) is 0 Å². The summed E-state index contributed by atoms with van der Waals surface area (Å²) in [5.74, 6) is 0. The molecule has 1 aromatic carbocycles. The van der Waals surface area contributed by atoms with E-state index in [-0.39, 0.29) is 15.0 Å². The molecule has 3 nitrogen and oxygen atoms in total. The first-order valence-corrected chi connectivity index (χ1v) is 8.31. The molecule has 18 heavy (non-hydrogen) atoms. The summed E-state index contributed by atoms with van der Waals surface area (Å²) in [6.45, 7) is 2.20. The maximum absolute atomic E-state index is 4.50. The van der Waals surface area contributed by atoms with Gasteiger partial charge in [-0.2, -0.15) is 0 Å². The van der Waals surface area contributed by atoms with Gasteiger partial charge in [-0.15, -0.1) is 0 Å². The van der Waals surface area contributed by atoms with Gasteiger partial charge in [0.15, 0.2) is 0 Å². The van der Waals surface area contributed by atoms with Crippen molar-refractivity contribution in [2.45, 2.75) is 19.4 Å². The van der Waals surface area contributed by atoms with Crippen LogP contribution in [0, 0.1) is 0 Å². The van der Waals surface area contributed by atoms with Crippen LogP contribution in [0.15, 0.2) is 35.7 Å². The van der Waals surface area contributed by atoms with Crippen molar-refractivity contribution >= 4 is 43.0 Å². The molecular formula is C13H13N3SSe. The van der Waals surface area contributed by atoms with Crippen LogP contribution in [0.5, 0.6) is 0 Å². The van der Waals surface area contributed by atoms with Gasteiger partial charge in [0.2, 0.25) is 0 Å². The Morgan fingerprint density at radius 3 is 3.00 bits per heavy atom. The normalized spacial score (nSPS) is 12.7. The zero-order valence-electron chi connectivity index (χ0n) is 9.96. The van der Waals surface area contributed by atoms with Gasteiger partial charge in [-0.05, 0) is 0 Å². The molecule has 0 spiro atoms. The van der Waals surface area contributed by atoms with Crippen molar-refractivity contribution in [2.75, 3.05) is 5.32 Å². The Bertz CT molecular complexity index is 633. The second kappa shape index (κ2) is 5.22. The number of hydrogen-bond donors (Lipinski definition) is 1. The molecule has 92 valence electrons. The van der Waals surface area contributed by atoms with Crippen LogP contribution in [0.1, 0.15) is 24.3 Å². The fourth-order valence-corrected chi connectivity index (χ4v) is 3.99. The van der Waals surface area contributed by atoms with E-state index in [9.17, 15) is 0 Å². The number of nitrogens with zero attached hydrogens (tertiary/aromatic N) is 2. The fraction of sp³-hybridized carbons (Fsp3) is 0.231. The standard InChI is InChI=1S/C13H13N3SSe/c1-2-9(12-7-4-8-17-12)14-10-5-3-6-11-13(10)16-18-15-11/h3-9,14H,2H2,1H3. The quantitative estimate of drug-likeness (QED) is 0.749. The predicted molar refractivity (Wildman–Crippen MR) is 77.5 cm³/mol. The van der Waals surface area contributed by atoms with Crippen LogP contribution < -0.4 is 5.32 Å². The van der Waals surface area contributed by atoms with Crippen LogP contribution in [0.2, 0.25) is 0 Å². The Balaban J connectivity index is 1.93. The van der Waals surface area contributed by atoms with E-state index < -0.39 is 0 Å². The molecule has 2 heterocycles. The van der Waals surface area contributed by atoms with Crippen LogP contribution in [-0.4, -0.2) is 22.9 Å². The van der Waals surface area contributed by atoms with E-state index >= 15 is 0 Å². The van der Waals surface area contributed by atoms with Crippen molar-refractivity contribution in [3.05, 3.63) is 40.6 Å². The second-order valence-corrected chi connectivity index (χ2v) is 6.15. The number of fused-ring (bicyclic) bond motifs is 1. The first-order valence-electron chi connectivity index (χ1n) is 5.89. The SMILES string of the molecule is CCC(Nc1cccc2n[se]nc12)c1cccs1. The predicted octanol–water partition coefficient (Wildman–Crippen LogP) is 3.31.